The third-order valence-corrected chi connectivity index (χ3v) is 3.26. The summed E-state index contributed by atoms with van der Waals surface area (Å²) in [7, 11) is 0. The van der Waals surface area contributed by atoms with E-state index >= 15 is 0 Å². The zero-order chi connectivity index (χ0) is 11.8. The number of aromatic nitrogens is 1. The Kier molecular flexibility index (Phi) is 2.25. The first kappa shape index (κ1) is 10.1. The molecule has 0 aliphatic heterocycles. The van der Waals surface area contributed by atoms with Crippen LogP contribution in [0.25, 0.3) is 0 Å². The van der Waals surface area contributed by atoms with Gasteiger partial charge in [-0.2, -0.15) is 0 Å². The fraction of sp³-hybridized carbons (Fsp3) is 0.214. The van der Waals surface area contributed by atoms with Crippen molar-refractivity contribution in [2.24, 2.45) is 0 Å². The summed E-state index contributed by atoms with van der Waals surface area (Å²) in [4.78, 5) is 4.29. The second-order valence-corrected chi connectivity index (χ2v) is 4.43. The van der Waals surface area contributed by atoms with E-state index in [1.807, 2.05) is 12.1 Å². The van der Waals surface area contributed by atoms with Crippen LogP contribution in [0.4, 0.5) is 0 Å². The lowest BCUT2D eigenvalue weighted by Crippen LogP contribution is -1.95. The molecule has 1 aliphatic rings. The number of aryl methyl sites for hydroxylation is 2. The number of fused-ring (bicyclic) bond motifs is 2. The fourth-order valence-corrected chi connectivity index (χ4v) is 2.37. The van der Waals surface area contributed by atoms with Gasteiger partial charge in [0.05, 0.1) is 6.20 Å². The molecule has 0 fully saturated rings. The maximum absolute atomic E-state index is 9.49. The molecule has 1 aliphatic carbocycles. The molecule has 3 nitrogen and oxygen atoms in total. The number of pyridine rings is 1. The summed E-state index contributed by atoms with van der Waals surface area (Å²) in [5.74, 6) is 0.531. The number of hydrogen-bond acceptors (Lipinski definition) is 3. The summed E-state index contributed by atoms with van der Waals surface area (Å²) < 4.78 is 0. The standard InChI is InChI=1S/C14H13NO2/c16-12-4-3-10-7-14-11(2-1-9(10)5-12)6-13(17)8-15-14/h3-6,8,16-17H,1-2,7H2. The maximum Gasteiger partial charge on any atom is 0.134 e. The number of nitrogens with zero attached hydrogens (tertiary/aromatic N) is 1. The third kappa shape index (κ3) is 1.84. The summed E-state index contributed by atoms with van der Waals surface area (Å²) in [5.41, 5.74) is 4.50. The Labute approximate surface area is 99.4 Å². The predicted molar refractivity (Wildman–Crippen MR) is 64.2 cm³/mol. The average molecular weight is 227 g/mol. The van der Waals surface area contributed by atoms with Crippen LogP contribution in [0.15, 0.2) is 30.5 Å². The molecule has 2 N–H and O–H groups in total. The molecule has 1 heterocycles. The molecule has 1 aromatic heterocycles. The van der Waals surface area contributed by atoms with E-state index in [2.05, 4.69) is 4.98 Å². The lowest BCUT2D eigenvalue weighted by molar-refractivity contribution is 0.471. The van der Waals surface area contributed by atoms with Crippen molar-refractivity contribution in [1.29, 1.82) is 0 Å². The molecule has 0 saturated carbocycles. The van der Waals surface area contributed by atoms with Crippen molar-refractivity contribution in [2.75, 3.05) is 0 Å². The maximum atomic E-state index is 9.49. The second-order valence-electron chi connectivity index (χ2n) is 4.43. The van der Waals surface area contributed by atoms with Crippen molar-refractivity contribution in [3.63, 3.8) is 0 Å². The zero-order valence-electron chi connectivity index (χ0n) is 9.35. The molecule has 1 aromatic carbocycles. The van der Waals surface area contributed by atoms with E-state index in [0.29, 0.717) is 5.75 Å². The van der Waals surface area contributed by atoms with Gasteiger partial charge in [0.2, 0.25) is 0 Å². The summed E-state index contributed by atoms with van der Waals surface area (Å²) in [5, 5.41) is 18.9. The van der Waals surface area contributed by atoms with Crippen LogP contribution in [-0.4, -0.2) is 15.2 Å². The van der Waals surface area contributed by atoms with Crippen LogP contribution in [0.1, 0.15) is 22.4 Å². The Hall–Kier alpha value is -2.03. The topological polar surface area (TPSA) is 53.4 Å². The molecule has 0 spiro atoms. The minimum absolute atomic E-state index is 0.220. The smallest absolute Gasteiger partial charge is 0.134 e. The van der Waals surface area contributed by atoms with Crippen LogP contribution in [0.5, 0.6) is 11.5 Å². The van der Waals surface area contributed by atoms with Gasteiger partial charge < -0.3 is 10.2 Å². The lowest BCUT2D eigenvalue weighted by atomic mass is 10.0. The van der Waals surface area contributed by atoms with Crippen molar-refractivity contribution >= 4 is 0 Å². The number of phenols is 1. The number of hydrogen-bond donors (Lipinski definition) is 2. The van der Waals surface area contributed by atoms with Crippen LogP contribution in [0, 0.1) is 0 Å². The summed E-state index contributed by atoms with van der Waals surface area (Å²) >= 11 is 0. The highest BCUT2D eigenvalue weighted by atomic mass is 16.3. The number of benzene rings is 1. The minimum Gasteiger partial charge on any atom is -0.508 e. The highest BCUT2D eigenvalue weighted by Gasteiger charge is 2.15. The Balaban J connectivity index is 2.07. The van der Waals surface area contributed by atoms with Gasteiger partial charge in [0.1, 0.15) is 11.5 Å². The summed E-state index contributed by atoms with van der Waals surface area (Å²) in [6, 6.07) is 7.27. The van der Waals surface area contributed by atoms with E-state index in [-0.39, 0.29) is 5.75 Å². The van der Waals surface area contributed by atoms with Crippen LogP contribution >= 0.6 is 0 Å². The van der Waals surface area contributed by atoms with Crippen molar-refractivity contribution < 1.29 is 10.2 Å². The summed E-state index contributed by atoms with van der Waals surface area (Å²) in [6.07, 6.45) is 3.99. The highest BCUT2D eigenvalue weighted by molar-refractivity contribution is 5.42. The van der Waals surface area contributed by atoms with E-state index in [0.717, 1.165) is 30.5 Å². The van der Waals surface area contributed by atoms with Gasteiger partial charge in [0.25, 0.3) is 0 Å². The molecule has 0 amide bonds. The van der Waals surface area contributed by atoms with E-state index < -0.39 is 0 Å². The Morgan fingerprint density at radius 2 is 1.65 bits per heavy atom. The zero-order valence-corrected chi connectivity index (χ0v) is 9.35. The minimum atomic E-state index is 0.220. The second kappa shape index (κ2) is 3.77. The first-order valence-electron chi connectivity index (χ1n) is 5.70. The van der Waals surface area contributed by atoms with E-state index in [1.54, 1.807) is 12.1 Å². The molecule has 0 atom stereocenters. The number of aromatic hydroxyl groups is 2. The largest absolute Gasteiger partial charge is 0.508 e. The molecule has 3 rings (SSSR count). The molecular weight excluding hydrogens is 214 g/mol. The van der Waals surface area contributed by atoms with Gasteiger partial charge in [-0.15, -0.1) is 0 Å². The average Bonchev–Trinajstić information content (AvgIpc) is 2.48. The van der Waals surface area contributed by atoms with Gasteiger partial charge in [-0.05, 0) is 47.7 Å². The van der Waals surface area contributed by atoms with Crippen LogP contribution in [-0.2, 0) is 19.3 Å². The Bertz CT molecular complexity index is 527. The highest BCUT2D eigenvalue weighted by Crippen LogP contribution is 2.27. The van der Waals surface area contributed by atoms with E-state index in [1.165, 1.54) is 17.3 Å². The monoisotopic (exact) mass is 227 g/mol. The van der Waals surface area contributed by atoms with Gasteiger partial charge in [-0.25, -0.2) is 0 Å². The van der Waals surface area contributed by atoms with Gasteiger partial charge in [-0.3, -0.25) is 4.98 Å². The van der Waals surface area contributed by atoms with Crippen LogP contribution < -0.4 is 0 Å². The SMILES string of the molecule is Oc1ccc2c(c1)CCc1cc(O)cnc1C2. The molecule has 17 heavy (non-hydrogen) atoms. The number of rotatable bonds is 0. The lowest BCUT2D eigenvalue weighted by Gasteiger charge is -2.05. The van der Waals surface area contributed by atoms with Crippen molar-refractivity contribution in [2.45, 2.75) is 19.3 Å². The third-order valence-electron chi connectivity index (χ3n) is 3.26. The first-order chi connectivity index (χ1) is 8.22. The molecule has 0 saturated heterocycles. The predicted octanol–water partition coefficient (Wildman–Crippen LogP) is 2.18. The normalized spacial score (nSPS) is 13.6. The van der Waals surface area contributed by atoms with Crippen molar-refractivity contribution in [3.8, 4) is 11.5 Å². The Morgan fingerprint density at radius 3 is 2.53 bits per heavy atom. The molecular formula is C14H13NO2. The Morgan fingerprint density at radius 1 is 0.882 bits per heavy atom. The molecule has 2 aromatic rings. The molecule has 0 bridgehead atoms. The molecule has 0 radical (unpaired) electrons. The van der Waals surface area contributed by atoms with Crippen molar-refractivity contribution in [1.82, 2.24) is 4.98 Å². The van der Waals surface area contributed by atoms with Gasteiger partial charge in [0.15, 0.2) is 0 Å². The fourth-order valence-electron chi connectivity index (χ4n) is 2.37. The van der Waals surface area contributed by atoms with Crippen LogP contribution in [0.2, 0.25) is 0 Å². The van der Waals surface area contributed by atoms with Gasteiger partial charge >= 0.3 is 0 Å². The quantitative estimate of drug-likeness (QED) is 0.725. The van der Waals surface area contributed by atoms with Gasteiger partial charge in [0, 0.05) is 12.1 Å². The van der Waals surface area contributed by atoms with Crippen molar-refractivity contribution in [3.05, 3.63) is 52.8 Å². The summed E-state index contributed by atoms with van der Waals surface area (Å²) in [6.45, 7) is 0. The first-order valence-corrected chi connectivity index (χ1v) is 5.70. The van der Waals surface area contributed by atoms with E-state index in [4.69, 9.17) is 0 Å². The molecule has 86 valence electrons. The number of phenolic OH excluding ortho intramolecular Hbond substituents is 1. The molecule has 0 unspecified atom stereocenters. The molecule has 3 heteroatoms. The van der Waals surface area contributed by atoms with E-state index in [9.17, 15) is 10.2 Å². The van der Waals surface area contributed by atoms with Crippen LogP contribution in [0.3, 0.4) is 0 Å². The van der Waals surface area contributed by atoms with Gasteiger partial charge in [-0.1, -0.05) is 6.07 Å².